The average molecular weight is 245 g/mol. The second-order valence-corrected chi connectivity index (χ2v) is 4.26. The Balaban J connectivity index is 2.39. The van der Waals surface area contributed by atoms with E-state index in [1.165, 1.54) is 0 Å². The van der Waals surface area contributed by atoms with Crippen LogP contribution in [-0.2, 0) is 7.05 Å². The Bertz CT molecular complexity index is 534. The molecule has 0 aliphatic carbocycles. The highest BCUT2D eigenvalue weighted by Gasteiger charge is 2.17. The zero-order valence-electron chi connectivity index (χ0n) is 11.1. The Kier molecular flexibility index (Phi) is 3.67. The first kappa shape index (κ1) is 12.6. The van der Waals surface area contributed by atoms with Gasteiger partial charge in [0.25, 0.3) is 0 Å². The lowest BCUT2D eigenvalue weighted by atomic mass is 9.99. The van der Waals surface area contributed by atoms with Crippen LogP contribution in [0.1, 0.15) is 29.8 Å². The van der Waals surface area contributed by atoms with Gasteiger partial charge in [0.1, 0.15) is 5.75 Å². The molecule has 1 atom stereocenters. The van der Waals surface area contributed by atoms with Gasteiger partial charge < -0.3 is 10.5 Å². The zero-order chi connectivity index (χ0) is 13.1. The Morgan fingerprint density at radius 3 is 2.67 bits per heavy atom. The quantitative estimate of drug-likeness (QED) is 0.898. The van der Waals surface area contributed by atoms with Crippen LogP contribution in [0, 0.1) is 6.92 Å². The topological polar surface area (TPSA) is 53.1 Å². The predicted octanol–water partition coefficient (Wildman–Crippen LogP) is 2.18. The Labute approximate surface area is 107 Å². The molecular weight excluding hydrogens is 226 g/mol. The van der Waals surface area contributed by atoms with E-state index >= 15 is 0 Å². The fourth-order valence-electron chi connectivity index (χ4n) is 2.01. The molecule has 0 aliphatic heterocycles. The van der Waals surface area contributed by atoms with Crippen LogP contribution in [-0.4, -0.2) is 16.4 Å². The van der Waals surface area contributed by atoms with E-state index in [-0.39, 0.29) is 6.04 Å². The third-order valence-corrected chi connectivity index (χ3v) is 3.16. The van der Waals surface area contributed by atoms with Crippen LogP contribution in [0.15, 0.2) is 30.5 Å². The van der Waals surface area contributed by atoms with Gasteiger partial charge in [0.05, 0.1) is 18.8 Å². The lowest BCUT2D eigenvalue weighted by Gasteiger charge is -2.16. The molecule has 0 aliphatic rings. The van der Waals surface area contributed by atoms with E-state index in [0.29, 0.717) is 6.61 Å². The molecule has 2 aromatic rings. The van der Waals surface area contributed by atoms with Crippen molar-refractivity contribution in [1.29, 1.82) is 0 Å². The first-order valence-corrected chi connectivity index (χ1v) is 6.11. The summed E-state index contributed by atoms with van der Waals surface area (Å²) in [6, 6.07) is 7.68. The molecule has 0 bridgehead atoms. The van der Waals surface area contributed by atoms with Crippen LogP contribution in [0.4, 0.5) is 0 Å². The van der Waals surface area contributed by atoms with Crippen LogP contribution in [0.25, 0.3) is 0 Å². The van der Waals surface area contributed by atoms with Gasteiger partial charge in [-0.3, -0.25) is 4.68 Å². The summed E-state index contributed by atoms with van der Waals surface area (Å²) in [5.41, 5.74) is 9.43. The molecule has 0 saturated carbocycles. The first-order valence-electron chi connectivity index (χ1n) is 6.11. The van der Waals surface area contributed by atoms with Gasteiger partial charge in [-0.05, 0) is 19.9 Å². The number of rotatable bonds is 4. The van der Waals surface area contributed by atoms with Crippen molar-refractivity contribution in [3.05, 3.63) is 47.3 Å². The van der Waals surface area contributed by atoms with E-state index in [1.54, 1.807) is 0 Å². The SMILES string of the molecule is CCOc1ccccc1C(N)c1cnn(C)c1C. The summed E-state index contributed by atoms with van der Waals surface area (Å²) in [4.78, 5) is 0. The maximum Gasteiger partial charge on any atom is 0.124 e. The van der Waals surface area contributed by atoms with Gasteiger partial charge in [0.2, 0.25) is 0 Å². The van der Waals surface area contributed by atoms with E-state index in [9.17, 15) is 0 Å². The number of ether oxygens (including phenoxy) is 1. The van der Waals surface area contributed by atoms with Crippen molar-refractivity contribution in [2.45, 2.75) is 19.9 Å². The molecule has 2 N–H and O–H groups in total. The number of aryl methyl sites for hydroxylation is 1. The molecule has 18 heavy (non-hydrogen) atoms. The summed E-state index contributed by atoms with van der Waals surface area (Å²) < 4.78 is 7.45. The molecule has 4 heteroatoms. The van der Waals surface area contributed by atoms with Crippen LogP contribution in [0.3, 0.4) is 0 Å². The molecule has 1 unspecified atom stereocenters. The summed E-state index contributed by atoms with van der Waals surface area (Å²) in [6.07, 6.45) is 1.82. The van der Waals surface area contributed by atoms with E-state index in [4.69, 9.17) is 10.5 Å². The summed E-state index contributed by atoms with van der Waals surface area (Å²) >= 11 is 0. The second kappa shape index (κ2) is 5.23. The van der Waals surface area contributed by atoms with Crippen molar-refractivity contribution in [1.82, 2.24) is 9.78 Å². The molecule has 0 spiro atoms. The van der Waals surface area contributed by atoms with Gasteiger partial charge in [-0.1, -0.05) is 18.2 Å². The van der Waals surface area contributed by atoms with Gasteiger partial charge >= 0.3 is 0 Å². The van der Waals surface area contributed by atoms with Crippen LogP contribution < -0.4 is 10.5 Å². The number of aromatic nitrogens is 2. The molecule has 0 saturated heterocycles. The molecular formula is C14H19N3O. The van der Waals surface area contributed by atoms with E-state index in [1.807, 2.05) is 56.0 Å². The molecule has 0 radical (unpaired) electrons. The minimum atomic E-state index is -0.207. The number of para-hydroxylation sites is 1. The van der Waals surface area contributed by atoms with E-state index < -0.39 is 0 Å². The maximum absolute atomic E-state index is 6.33. The molecule has 1 heterocycles. The van der Waals surface area contributed by atoms with Crippen LogP contribution in [0.5, 0.6) is 5.75 Å². The maximum atomic E-state index is 6.33. The fraction of sp³-hybridized carbons (Fsp3) is 0.357. The molecule has 96 valence electrons. The summed E-state index contributed by atoms with van der Waals surface area (Å²) in [7, 11) is 1.92. The monoisotopic (exact) mass is 245 g/mol. The van der Waals surface area contributed by atoms with E-state index in [0.717, 1.165) is 22.6 Å². The van der Waals surface area contributed by atoms with Gasteiger partial charge in [-0.2, -0.15) is 5.10 Å². The number of nitrogens with two attached hydrogens (primary N) is 1. The fourth-order valence-corrected chi connectivity index (χ4v) is 2.01. The second-order valence-electron chi connectivity index (χ2n) is 4.26. The summed E-state index contributed by atoms with van der Waals surface area (Å²) in [6.45, 7) is 4.62. The van der Waals surface area contributed by atoms with Crippen molar-refractivity contribution in [3.63, 3.8) is 0 Å². The highest BCUT2D eigenvalue weighted by atomic mass is 16.5. The Hall–Kier alpha value is -1.81. The molecule has 2 rings (SSSR count). The number of hydrogen-bond acceptors (Lipinski definition) is 3. The molecule has 0 fully saturated rings. The normalized spacial score (nSPS) is 12.4. The minimum Gasteiger partial charge on any atom is -0.494 e. The molecule has 1 aromatic heterocycles. The van der Waals surface area contributed by atoms with Crippen molar-refractivity contribution in [3.8, 4) is 5.75 Å². The highest BCUT2D eigenvalue weighted by Crippen LogP contribution is 2.29. The predicted molar refractivity (Wildman–Crippen MR) is 71.6 cm³/mol. The summed E-state index contributed by atoms with van der Waals surface area (Å²) in [5, 5.41) is 4.23. The van der Waals surface area contributed by atoms with Gasteiger partial charge in [-0.15, -0.1) is 0 Å². The van der Waals surface area contributed by atoms with Gasteiger partial charge in [0, 0.05) is 23.9 Å². The van der Waals surface area contributed by atoms with Gasteiger partial charge in [0.15, 0.2) is 0 Å². The number of hydrogen-bond donors (Lipinski definition) is 1. The van der Waals surface area contributed by atoms with Crippen molar-refractivity contribution < 1.29 is 4.74 Å². The lowest BCUT2D eigenvalue weighted by Crippen LogP contribution is -2.14. The largest absolute Gasteiger partial charge is 0.494 e. The average Bonchev–Trinajstić information content (AvgIpc) is 2.70. The van der Waals surface area contributed by atoms with Crippen molar-refractivity contribution in [2.75, 3.05) is 6.61 Å². The number of benzene rings is 1. The first-order chi connectivity index (χ1) is 8.65. The Morgan fingerprint density at radius 1 is 1.33 bits per heavy atom. The minimum absolute atomic E-state index is 0.207. The van der Waals surface area contributed by atoms with Crippen LogP contribution in [0.2, 0.25) is 0 Å². The molecule has 0 amide bonds. The lowest BCUT2D eigenvalue weighted by molar-refractivity contribution is 0.335. The van der Waals surface area contributed by atoms with Crippen LogP contribution >= 0.6 is 0 Å². The third-order valence-electron chi connectivity index (χ3n) is 3.16. The summed E-state index contributed by atoms with van der Waals surface area (Å²) in [5.74, 6) is 0.843. The standard InChI is InChI=1S/C14H19N3O/c1-4-18-13-8-6-5-7-11(13)14(15)12-9-16-17(3)10(12)2/h5-9,14H,4,15H2,1-3H3. The zero-order valence-corrected chi connectivity index (χ0v) is 11.1. The molecule has 1 aromatic carbocycles. The van der Waals surface area contributed by atoms with Crippen molar-refractivity contribution >= 4 is 0 Å². The van der Waals surface area contributed by atoms with Crippen molar-refractivity contribution in [2.24, 2.45) is 12.8 Å². The van der Waals surface area contributed by atoms with Gasteiger partial charge in [-0.25, -0.2) is 0 Å². The third kappa shape index (κ3) is 2.24. The Morgan fingerprint density at radius 2 is 2.06 bits per heavy atom. The van der Waals surface area contributed by atoms with E-state index in [2.05, 4.69) is 5.10 Å². The molecule has 4 nitrogen and oxygen atoms in total. The number of nitrogens with zero attached hydrogens (tertiary/aromatic N) is 2. The smallest absolute Gasteiger partial charge is 0.124 e. The highest BCUT2D eigenvalue weighted by molar-refractivity contribution is 5.41.